The van der Waals surface area contributed by atoms with Crippen molar-refractivity contribution in [3.63, 3.8) is 0 Å². The summed E-state index contributed by atoms with van der Waals surface area (Å²) in [5.74, 6) is 0. The summed E-state index contributed by atoms with van der Waals surface area (Å²) >= 11 is 1.73. The van der Waals surface area contributed by atoms with E-state index in [0.29, 0.717) is 6.54 Å². The third kappa shape index (κ3) is 3.24. The van der Waals surface area contributed by atoms with Gasteiger partial charge >= 0.3 is 0 Å². The predicted molar refractivity (Wildman–Crippen MR) is 88.5 cm³/mol. The van der Waals surface area contributed by atoms with E-state index in [-0.39, 0.29) is 10.3 Å². The van der Waals surface area contributed by atoms with E-state index in [9.17, 15) is 8.42 Å². The van der Waals surface area contributed by atoms with Crippen LogP contribution in [0.1, 0.15) is 37.0 Å². The number of pyridine rings is 1. The Morgan fingerprint density at radius 1 is 1.18 bits per heavy atom. The zero-order chi connectivity index (χ0) is 15.5. The molecule has 2 heterocycles. The van der Waals surface area contributed by atoms with Gasteiger partial charge in [-0.15, -0.1) is 11.3 Å². The fourth-order valence-corrected chi connectivity index (χ4v) is 5.22. The Hall–Kier alpha value is -1.24. The first kappa shape index (κ1) is 15.6. The van der Waals surface area contributed by atoms with Gasteiger partial charge in [-0.3, -0.25) is 4.98 Å². The number of aromatic nitrogens is 1. The number of hydrogen-bond donors (Lipinski definition) is 1. The van der Waals surface area contributed by atoms with Gasteiger partial charge in [0, 0.05) is 29.2 Å². The first-order chi connectivity index (χ1) is 10.6. The van der Waals surface area contributed by atoms with Gasteiger partial charge in [-0.2, -0.15) is 0 Å². The van der Waals surface area contributed by atoms with E-state index < -0.39 is 10.0 Å². The molecule has 0 amide bonds. The van der Waals surface area contributed by atoms with E-state index in [1.807, 2.05) is 6.07 Å². The number of nitrogens with zero attached hydrogens (tertiary/aromatic N) is 1. The number of rotatable bonds is 5. The molecule has 0 radical (unpaired) electrons. The van der Waals surface area contributed by atoms with Crippen molar-refractivity contribution in [2.24, 2.45) is 0 Å². The summed E-state index contributed by atoms with van der Waals surface area (Å²) in [5.41, 5.74) is -0.0539. The van der Waals surface area contributed by atoms with Crippen LogP contribution in [0, 0.1) is 0 Å². The minimum absolute atomic E-state index is 0.0539. The molecule has 4 nitrogen and oxygen atoms in total. The topological polar surface area (TPSA) is 59.1 Å². The monoisotopic (exact) mass is 336 g/mol. The molecule has 0 spiro atoms. The van der Waals surface area contributed by atoms with E-state index in [1.165, 1.54) is 17.5 Å². The maximum Gasteiger partial charge on any atom is 0.242 e. The molecule has 2 aromatic heterocycles. The van der Waals surface area contributed by atoms with Crippen LogP contribution in [0.4, 0.5) is 0 Å². The van der Waals surface area contributed by atoms with Crippen LogP contribution in [0.2, 0.25) is 0 Å². The maximum atomic E-state index is 12.4. The summed E-state index contributed by atoms with van der Waals surface area (Å²) in [5, 5.41) is 2.07. The van der Waals surface area contributed by atoms with Crippen LogP contribution in [-0.2, 0) is 15.4 Å². The molecule has 6 heteroatoms. The Bertz CT molecular complexity index is 691. The van der Waals surface area contributed by atoms with Crippen LogP contribution in [-0.4, -0.2) is 19.9 Å². The van der Waals surface area contributed by atoms with Crippen molar-refractivity contribution < 1.29 is 8.42 Å². The average molecular weight is 336 g/mol. The molecule has 22 heavy (non-hydrogen) atoms. The highest BCUT2D eigenvalue weighted by atomic mass is 32.2. The highest BCUT2D eigenvalue weighted by molar-refractivity contribution is 7.89. The minimum atomic E-state index is -3.50. The molecule has 1 N–H and O–H groups in total. The molecular formula is C16H20N2O2S2. The van der Waals surface area contributed by atoms with Crippen LogP contribution in [0.3, 0.4) is 0 Å². The van der Waals surface area contributed by atoms with Gasteiger partial charge < -0.3 is 0 Å². The molecule has 0 atom stereocenters. The van der Waals surface area contributed by atoms with E-state index in [0.717, 1.165) is 25.7 Å². The molecule has 118 valence electrons. The van der Waals surface area contributed by atoms with Crippen LogP contribution in [0.25, 0.3) is 0 Å². The van der Waals surface area contributed by atoms with Crippen molar-refractivity contribution in [1.29, 1.82) is 0 Å². The average Bonchev–Trinajstić information content (AvgIpc) is 3.10. The lowest BCUT2D eigenvalue weighted by molar-refractivity contribution is 0.298. The van der Waals surface area contributed by atoms with E-state index in [1.54, 1.807) is 29.7 Å². The van der Waals surface area contributed by atoms with Gasteiger partial charge in [-0.25, -0.2) is 13.1 Å². The van der Waals surface area contributed by atoms with Crippen LogP contribution < -0.4 is 4.72 Å². The van der Waals surface area contributed by atoms with Crippen molar-refractivity contribution in [2.45, 2.75) is 42.4 Å². The molecule has 0 bridgehead atoms. The summed E-state index contributed by atoms with van der Waals surface area (Å²) in [6.45, 7) is 0.463. The first-order valence-corrected chi connectivity index (χ1v) is 9.92. The largest absolute Gasteiger partial charge is 0.263 e. The molecule has 0 aromatic carbocycles. The second kappa shape index (κ2) is 6.48. The van der Waals surface area contributed by atoms with Crippen molar-refractivity contribution in [1.82, 2.24) is 9.71 Å². The molecule has 0 saturated heterocycles. The Morgan fingerprint density at radius 3 is 2.64 bits per heavy atom. The Kier molecular flexibility index (Phi) is 4.61. The second-order valence-corrected chi connectivity index (χ2v) is 8.55. The minimum Gasteiger partial charge on any atom is -0.263 e. The molecule has 0 aliphatic heterocycles. The van der Waals surface area contributed by atoms with Gasteiger partial charge in [0.05, 0.1) is 0 Å². The standard InChI is InChI=1S/C16H20N2O2S2/c19-22(20,14-6-4-10-17-12-14)18-13-16(8-2-1-3-9-16)15-7-5-11-21-15/h4-7,10-12,18H,1-3,8-9,13H2. The number of sulfonamides is 1. The van der Waals surface area contributed by atoms with Crippen molar-refractivity contribution in [2.75, 3.05) is 6.54 Å². The number of nitrogens with one attached hydrogen (secondary N) is 1. The van der Waals surface area contributed by atoms with Gasteiger partial charge in [0.25, 0.3) is 0 Å². The van der Waals surface area contributed by atoms with Crippen LogP contribution in [0.5, 0.6) is 0 Å². The normalized spacial score (nSPS) is 18.2. The zero-order valence-corrected chi connectivity index (χ0v) is 14.0. The SMILES string of the molecule is O=S(=O)(NCC1(c2cccs2)CCCCC1)c1cccnc1. The van der Waals surface area contributed by atoms with Crippen molar-refractivity contribution >= 4 is 21.4 Å². The quantitative estimate of drug-likeness (QED) is 0.911. The fraction of sp³-hybridized carbons (Fsp3) is 0.438. The lowest BCUT2D eigenvalue weighted by Gasteiger charge is -2.36. The van der Waals surface area contributed by atoms with Crippen LogP contribution in [0.15, 0.2) is 46.9 Å². The van der Waals surface area contributed by atoms with Gasteiger partial charge in [0.15, 0.2) is 0 Å². The molecule has 2 aromatic rings. The van der Waals surface area contributed by atoms with Gasteiger partial charge in [0.2, 0.25) is 10.0 Å². The Morgan fingerprint density at radius 2 is 2.00 bits per heavy atom. The lowest BCUT2D eigenvalue weighted by Crippen LogP contribution is -2.41. The summed E-state index contributed by atoms with van der Waals surface area (Å²) in [6.07, 6.45) is 8.61. The molecule has 1 aliphatic carbocycles. The van der Waals surface area contributed by atoms with Gasteiger partial charge in [-0.05, 0) is 36.4 Å². The summed E-state index contributed by atoms with van der Waals surface area (Å²) in [7, 11) is -3.50. The van der Waals surface area contributed by atoms with E-state index in [2.05, 4.69) is 21.2 Å². The molecule has 1 saturated carbocycles. The molecular weight excluding hydrogens is 316 g/mol. The molecule has 1 aliphatic rings. The Labute approximate surface area is 135 Å². The van der Waals surface area contributed by atoms with Crippen molar-refractivity contribution in [3.8, 4) is 0 Å². The predicted octanol–water partition coefficient (Wildman–Crippen LogP) is 3.32. The molecule has 3 rings (SSSR count). The highest BCUT2D eigenvalue weighted by Crippen LogP contribution is 2.41. The fourth-order valence-electron chi connectivity index (χ4n) is 3.14. The van der Waals surface area contributed by atoms with Crippen molar-refractivity contribution in [3.05, 3.63) is 46.9 Å². The number of hydrogen-bond acceptors (Lipinski definition) is 4. The third-order valence-electron chi connectivity index (χ3n) is 4.40. The first-order valence-electron chi connectivity index (χ1n) is 7.56. The second-order valence-electron chi connectivity index (χ2n) is 5.83. The smallest absolute Gasteiger partial charge is 0.242 e. The zero-order valence-electron chi connectivity index (χ0n) is 12.4. The summed E-state index contributed by atoms with van der Waals surface area (Å²) in [4.78, 5) is 5.42. The van der Waals surface area contributed by atoms with E-state index in [4.69, 9.17) is 0 Å². The Balaban J connectivity index is 1.80. The van der Waals surface area contributed by atoms with E-state index >= 15 is 0 Å². The van der Waals surface area contributed by atoms with Gasteiger partial charge in [-0.1, -0.05) is 25.3 Å². The molecule has 1 fully saturated rings. The van der Waals surface area contributed by atoms with Gasteiger partial charge in [0.1, 0.15) is 4.90 Å². The lowest BCUT2D eigenvalue weighted by atomic mass is 9.73. The highest BCUT2D eigenvalue weighted by Gasteiger charge is 2.36. The summed E-state index contributed by atoms with van der Waals surface area (Å²) in [6, 6.07) is 7.40. The molecule has 0 unspecified atom stereocenters. The number of thiophene rings is 1. The third-order valence-corrected chi connectivity index (χ3v) is 6.90. The van der Waals surface area contributed by atoms with Crippen LogP contribution >= 0.6 is 11.3 Å². The summed E-state index contributed by atoms with van der Waals surface area (Å²) < 4.78 is 27.7. The maximum absolute atomic E-state index is 12.4.